The van der Waals surface area contributed by atoms with Gasteiger partial charge < -0.3 is 4.57 Å². The van der Waals surface area contributed by atoms with Gasteiger partial charge in [0.1, 0.15) is 11.3 Å². The number of halogens is 1. The van der Waals surface area contributed by atoms with Crippen molar-refractivity contribution in [3.8, 4) is 6.07 Å². The minimum absolute atomic E-state index is 0.567. The van der Waals surface area contributed by atoms with E-state index in [-0.39, 0.29) is 0 Å². The lowest BCUT2D eigenvalue weighted by atomic mass is 9.92. The molecule has 4 aromatic rings. The Morgan fingerprint density at radius 3 is 2.67 bits per heavy atom. The molecular formula is C29H24ClN3. The van der Waals surface area contributed by atoms with Gasteiger partial charge in [0.05, 0.1) is 16.6 Å². The highest BCUT2D eigenvalue weighted by Gasteiger charge is 2.30. The van der Waals surface area contributed by atoms with Crippen molar-refractivity contribution in [1.82, 2.24) is 9.55 Å². The molecule has 0 radical (unpaired) electrons. The van der Waals surface area contributed by atoms with Crippen molar-refractivity contribution in [3.05, 3.63) is 105 Å². The summed E-state index contributed by atoms with van der Waals surface area (Å²) in [5, 5.41) is 10.2. The van der Waals surface area contributed by atoms with E-state index in [1.54, 1.807) is 6.08 Å². The molecule has 0 atom stereocenters. The summed E-state index contributed by atoms with van der Waals surface area (Å²) in [5.74, 6) is 1.75. The first-order valence-corrected chi connectivity index (χ1v) is 12.1. The first-order valence-electron chi connectivity index (χ1n) is 11.7. The zero-order valence-electron chi connectivity index (χ0n) is 18.4. The highest BCUT2D eigenvalue weighted by Crippen LogP contribution is 2.41. The number of imidazole rings is 1. The monoisotopic (exact) mass is 449 g/mol. The van der Waals surface area contributed by atoms with E-state index in [1.807, 2.05) is 12.1 Å². The maximum absolute atomic E-state index is 9.44. The normalized spacial score (nSPS) is 16.3. The number of aryl methyl sites for hydroxylation is 4. The smallest absolute Gasteiger partial charge is 0.113 e. The number of nitrogens with zero attached hydrogens (tertiary/aromatic N) is 3. The summed E-state index contributed by atoms with van der Waals surface area (Å²) in [5.41, 5.74) is 9.42. The lowest BCUT2D eigenvalue weighted by Crippen LogP contribution is -2.06. The predicted molar refractivity (Wildman–Crippen MR) is 133 cm³/mol. The molecule has 33 heavy (non-hydrogen) atoms. The Kier molecular flexibility index (Phi) is 5.04. The molecule has 0 unspecified atom stereocenters. The Morgan fingerprint density at radius 2 is 1.82 bits per heavy atom. The van der Waals surface area contributed by atoms with Crippen LogP contribution in [0.4, 0.5) is 0 Å². The maximum Gasteiger partial charge on any atom is 0.113 e. The van der Waals surface area contributed by atoms with Gasteiger partial charge in [0.25, 0.3) is 0 Å². The second kappa shape index (κ2) is 8.21. The van der Waals surface area contributed by atoms with Crippen molar-refractivity contribution in [2.75, 3.05) is 0 Å². The van der Waals surface area contributed by atoms with Crippen LogP contribution >= 0.6 is 11.6 Å². The molecule has 1 heterocycles. The van der Waals surface area contributed by atoms with Gasteiger partial charge in [-0.15, -0.1) is 0 Å². The second-order valence-corrected chi connectivity index (χ2v) is 9.50. The summed E-state index contributed by atoms with van der Waals surface area (Å²) < 4.78 is 2.38. The molecule has 162 valence electrons. The van der Waals surface area contributed by atoms with Crippen molar-refractivity contribution in [2.24, 2.45) is 0 Å². The zero-order valence-corrected chi connectivity index (χ0v) is 19.1. The molecule has 1 fully saturated rings. The maximum atomic E-state index is 9.44. The molecule has 1 aromatic heterocycles. The van der Waals surface area contributed by atoms with Crippen LogP contribution in [-0.4, -0.2) is 9.55 Å². The standard InChI is InChI=1S/C29H24ClN3/c30-26-6-3-7-27-28(26)32-29(21-10-11-21)33(27)17-15-19-8-13-24-22(18-19)12-9-20-4-1-2-5-23(20)25(24)14-16-31/h1-8,13-14,18,21H,9-12,15,17H2/b25-14+. The molecule has 3 aromatic carbocycles. The fraction of sp³-hybridized carbons (Fsp3) is 0.241. The van der Waals surface area contributed by atoms with Crippen LogP contribution in [0.2, 0.25) is 5.02 Å². The van der Waals surface area contributed by atoms with E-state index in [4.69, 9.17) is 16.6 Å². The van der Waals surface area contributed by atoms with Crippen LogP contribution in [0.3, 0.4) is 0 Å². The molecule has 6 rings (SSSR count). The molecule has 4 heteroatoms. The van der Waals surface area contributed by atoms with Crippen LogP contribution in [0.5, 0.6) is 0 Å². The largest absolute Gasteiger partial charge is 0.327 e. The fourth-order valence-electron chi connectivity index (χ4n) is 5.17. The van der Waals surface area contributed by atoms with Crippen molar-refractivity contribution in [3.63, 3.8) is 0 Å². The van der Waals surface area contributed by atoms with Crippen LogP contribution in [0.1, 0.15) is 52.4 Å². The van der Waals surface area contributed by atoms with Crippen LogP contribution in [0, 0.1) is 11.3 Å². The molecule has 0 aliphatic heterocycles. The van der Waals surface area contributed by atoms with Gasteiger partial charge in [-0.2, -0.15) is 5.26 Å². The quantitative estimate of drug-likeness (QED) is 0.319. The number of aromatic nitrogens is 2. The van der Waals surface area contributed by atoms with Gasteiger partial charge in [0, 0.05) is 18.5 Å². The second-order valence-electron chi connectivity index (χ2n) is 9.09. The Hall–Kier alpha value is -3.35. The van der Waals surface area contributed by atoms with E-state index in [9.17, 15) is 5.26 Å². The lowest BCUT2D eigenvalue weighted by molar-refractivity contribution is 0.670. The van der Waals surface area contributed by atoms with Gasteiger partial charge in [-0.1, -0.05) is 60.1 Å². The topological polar surface area (TPSA) is 41.6 Å². The van der Waals surface area contributed by atoms with Gasteiger partial charge in [0.2, 0.25) is 0 Å². The molecule has 0 spiro atoms. The minimum Gasteiger partial charge on any atom is -0.327 e. The van der Waals surface area contributed by atoms with E-state index in [2.05, 4.69) is 59.2 Å². The van der Waals surface area contributed by atoms with Crippen LogP contribution < -0.4 is 0 Å². The summed E-state index contributed by atoms with van der Waals surface area (Å²) in [6.07, 6.45) is 7.05. The zero-order chi connectivity index (χ0) is 22.4. The first-order chi connectivity index (χ1) is 16.2. The summed E-state index contributed by atoms with van der Waals surface area (Å²) >= 11 is 6.45. The summed E-state index contributed by atoms with van der Waals surface area (Å²) in [4.78, 5) is 4.92. The number of hydrogen-bond donors (Lipinski definition) is 0. The number of fused-ring (bicyclic) bond motifs is 3. The molecular weight excluding hydrogens is 426 g/mol. The highest BCUT2D eigenvalue weighted by atomic mass is 35.5. The molecule has 2 aliphatic carbocycles. The average molecular weight is 450 g/mol. The van der Waals surface area contributed by atoms with E-state index in [0.29, 0.717) is 5.92 Å². The van der Waals surface area contributed by atoms with Gasteiger partial charge in [-0.3, -0.25) is 0 Å². The third kappa shape index (κ3) is 3.65. The van der Waals surface area contributed by atoms with E-state index >= 15 is 0 Å². The van der Waals surface area contributed by atoms with E-state index in [1.165, 1.54) is 46.5 Å². The molecule has 1 saturated carbocycles. The third-order valence-corrected chi connectivity index (χ3v) is 7.27. The first kappa shape index (κ1) is 20.3. The Bertz CT molecular complexity index is 1450. The van der Waals surface area contributed by atoms with Crippen LogP contribution in [0.25, 0.3) is 16.6 Å². The summed E-state index contributed by atoms with van der Waals surface area (Å²) in [7, 11) is 0. The average Bonchev–Trinajstić information content (AvgIpc) is 3.63. The number of para-hydroxylation sites is 1. The van der Waals surface area contributed by atoms with E-state index < -0.39 is 0 Å². The van der Waals surface area contributed by atoms with Gasteiger partial charge in [-0.05, 0) is 77.6 Å². The molecule has 0 N–H and O–H groups in total. The predicted octanol–water partition coefficient (Wildman–Crippen LogP) is 6.86. The SMILES string of the molecule is N#C/C=C1\c2ccccc2CCc2cc(CCn3c(C4CC4)nc4c(Cl)cccc43)ccc21. The minimum atomic E-state index is 0.567. The summed E-state index contributed by atoms with van der Waals surface area (Å²) in [6.45, 7) is 0.891. The van der Waals surface area contributed by atoms with Crippen molar-refractivity contribution < 1.29 is 0 Å². The molecule has 0 bridgehead atoms. The molecule has 3 nitrogen and oxygen atoms in total. The molecule has 0 amide bonds. The van der Waals surface area contributed by atoms with Crippen molar-refractivity contribution in [2.45, 2.75) is 44.6 Å². The fourth-order valence-corrected chi connectivity index (χ4v) is 5.38. The Morgan fingerprint density at radius 1 is 1.00 bits per heavy atom. The summed E-state index contributed by atoms with van der Waals surface area (Å²) in [6, 6.07) is 23.6. The van der Waals surface area contributed by atoms with Crippen LogP contribution in [-0.2, 0) is 25.8 Å². The number of hydrogen-bond acceptors (Lipinski definition) is 2. The van der Waals surface area contributed by atoms with Gasteiger partial charge >= 0.3 is 0 Å². The number of rotatable bonds is 4. The van der Waals surface area contributed by atoms with Gasteiger partial charge in [-0.25, -0.2) is 4.98 Å². The number of benzene rings is 3. The number of allylic oxidation sites excluding steroid dienone is 1. The molecule has 0 saturated heterocycles. The van der Waals surface area contributed by atoms with Crippen molar-refractivity contribution in [1.29, 1.82) is 5.26 Å². The van der Waals surface area contributed by atoms with E-state index in [0.717, 1.165) is 47.4 Å². The number of nitriles is 1. The van der Waals surface area contributed by atoms with Crippen molar-refractivity contribution >= 4 is 28.2 Å². The third-order valence-electron chi connectivity index (χ3n) is 6.97. The van der Waals surface area contributed by atoms with Gasteiger partial charge in [0.15, 0.2) is 0 Å². The lowest BCUT2D eigenvalue weighted by Gasteiger charge is -2.13. The Balaban J connectivity index is 1.33. The Labute approximate surface area is 199 Å². The highest BCUT2D eigenvalue weighted by molar-refractivity contribution is 6.34. The van der Waals surface area contributed by atoms with Crippen LogP contribution in [0.15, 0.2) is 66.7 Å². The molecule has 2 aliphatic rings.